The number of nitrogens with zero attached hydrogens (tertiary/aromatic N) is 2. The largest absolute Gasteiger partial charge is 0.497 e. The third kappa shape index (κ3) is 3.92. The summed E-state index contributed by atoms with van der Waals surface area (Å²) in [6.07, 6.45) is 2.27. The number of sulfone groups is 1. The number of hydrogen-bond donors (Lipinski definition) is 0. The molecule has 0 saturated carbocycles. The van der Waals surface area contributed by atoms with Crippen LogP contribution in [0.25, 0.3) is 0 Å². The lowest BCUT2D eigenvalue weighted by Crippen LogP contribution is -2.17. The Morgan fingerprint density at radius 2 is 2.13 bits per heavy atom. The lowest BCUT2D eigenvalue weighted by Gasteiger charge is -2.06. The van der Waals surface area contributed by atoms with Crippen LogP contribution in [0.15, 0.2) is 35.5 Å². The Labute approximate surface area is 140 Å². The van der Waals surface area contributed by atoms with Crippen LogP contribution in [0.5, 0.6) is 5.75 Å². The molecule has 0 bridgehead atoms. The van der Waals surface area contributed by atoms with Gasteiger partial charge in [-0.25, -0.2) is 13.4 Å². The van der Waals surface area contributed by atoms with Gasteiger partial charge in [0, 0.05) is 6.54 Å². The molecule has 1 aromatic heterocycles. The molecule has 1 heterocycles. The van der Waals surface area contributed by atoms with Gasteiger partial charge in [0.05, 0.1) is 18.3 Å². The fraction of sp³-hybridized carbons (Fsp3) is 0.333. The molecule has 0 aliphatic carbocycles. The first-order chi connectivity index (χ1) is 10.9. The Bertz CT molecular complexity index is 815. The highest BCUT2D eigenvalue weighted by molar-refractivity contribution is 7.92. The van der Waals surface area contributed by atoms with Crippen molar-refractivity contribution < 1.29 is 17.9 Å². The van der Waals surface area contributed by atoms with Crippen molar-refractivity contribution in [2.24, 2.45) is 0 Å². The van der Waals surface area contributed by atoms with Crippen molar-refractivity contribution in [1.29, 1.82) is 0 Å². The molecule has 0 radical (unpaired) electrons. The van der Waals surface area contributed by atoms with Crippen LogP contribution in [0.3, 0.4) is 0 Å². The summed E-state index contributed by atoms with van der Waals surface area (Å²) in [7, 11) is -2.36. The molecule has 0 atom stereocenters. The molecule has 0 spiro atoms. The van der Waals surface area contributed by atoms with Crippen LogP contribution in [0, 0.1) is 0 Å². The minimum absolute atomic E-state index is 0.0217. The molecule has 23 heavy (non-hydrogen) atoms. The zero-order valence-electron chi connectivity index (χ0n) is 12.8. The van der Waals surface area contributed by atoms with E-state index in [1.165, 1.54) is 25.6 Å². The minimum atomic E-state index is -3.80. The summed E-state index contributed by atoms with van der Waals surface area (Å²) in [6.45, 7) is 2.58. The number of rotatable bonds is 7. The zero-order valence-corrected chi connectivity index (χ0v) is 14.4. The van der Waals surface area contributed by atoms with Crippen LogP contribution >= 0.6 is 11.6 Å². The molecule has 0 saturated heterocycles. The number of ketones is 1. The van der Waals surface area contributed by atoms with Gasteiger partial charge in [-0.05, 0) is 24.6 Å². The van der Waals surface area contributed by atoms with Gasteiger partial charge < -0.3 is 9.30 Å². The predicted molar refractivity (Wildman–Crippen MR) is 86.9 cm³/mol. The highest BCUT2D eigenvalue weighted by Gasteiger charge is 2.24. The molecule has 8 heteroatoms. The fourth-order valence-electron chi connectivity index (χ4n) is 2.07. The van der Waals surface area contributed by atoms with E-state index in [0.29, 0.717) is 12.3 Å². The predicted octanol–water partition coefficient (Wildman–Crippen LogP) is 2.61. The average Bonchev–Trinajstić information content (AvgIpc) is 2.88. The maximum absolute atomic E-state index is 12.4. The third-order valence-electron chi connectivity index (χ3n) is 3.22. The molecule has 0 aliphatic heterocycles. The molecule has 2 aromatic rings. The van der Waals surface area contributed by atoms with E-state index >= 15 is 0 Å². The van der Waals surface area contributed by atoms with Gasteiger partial charge in [-0.1, -0.05) is 24.6 Å². The molecule has 0 fully saturated rings. The van der Waals surface area contributed by atoms with Crippen LogP contribution < -0.4 is 4.74 Å². The van der Waals surface area contributed by atoms with Gasteiger partial charge in [0.25, 0.3) is 0 Å². The summed E-state index contributed by atoms with van der Waals surface area (Å²) >= 11 is 6.09. The molecular formula is C15H17ClN2O4S. The number of ether oxygens (including phenoxy) is 1. The highest BCUT2D eigenvalue weighted by atomic mass is 35.5. The number of imidazole rings is 1. The van der Waals surface area contributed by atoms with Crippen molar-refractivity contribution >= 4 is 27.2 Å². The Morgan fingerprint density at radius 3 is 2.78 bits per heavy atom. The zero-order chi connectivity index (χ0) is 17.0. The topological polar surface area (TPSA) is 78.3 Å². The number of carbonyl (C=O) groups is 1. The van der Waals surface area contributed by atoms with Crippen LogP contribution in [-0.4, -0.2) is 36.6 Å². The molecule has 2 rings (SSSR count). The summed E-state index contributed by atoms with van der Waals surface area (Å²) in [6, 6.07) is 5.98. The summed E-state index contributed by atoms with van der Waals surface area (Å²) in [5.41, 5.74) is -0.0217. The van der Waals surface area contributed by atoms with Crippen LogP contribution in [-0.2, 0) is 16.4 Å². The highest BCUT2D eigenvalue weighted by Crippen LogP contribution is 2.21. The van der Waals surface area contributed by atoms with E-state index in [2.05, 4.69) is 4.98 Å². The molecule has 1 aromatic carbocycles. The van der Waals surface area contributed by atoms with Gasteiger partial charge in [0.15, 0.2) is 15.6 Å². The average molecular weight is 357 g/mol. The van der Waals surface area contributed by atoms with E-state index in [1.807, 2.05) is 6.92 Å². The fourth-order valence-corrected chi connectivity index (χ4v) is 3.58. The number of carbonyl (C=O) groups excluding carboxylic acids is 1. The van der Waals surface area contributed by atoms with E-state index in [-0.39, 0.29) is 15.7 Å². The Morgan fingerprint density at radius 1 is 1.39 bits per heavy atom. The van der Waals surface area contributed by atoms with Gasteiger partial charge in [-0.2, -0.15) is 0 Å². The minimum Gasteiger partial charge on any atom is -0.497 e. The second-order valence-electron chi connectivity index (χ2n) is 4.94. The number of hydrogen-bond acceptors (Lipinski definition) is 5. The van der Waals surface area contributed by atoms with Gasteiger partial charge in [0.2, 0.25) is 0 Å². The van der Waals surface area contributed by atoms with Crippen LogP contribution in [0.4, 0.5) is 0 Å². The van der Waals surface area contributed by atoms with Gasteiger partial charge in [0.1, 0.15) is 22.3 Å². The van der Waals surface area contributed by atoms with Crippen LogP contribution in [0.2, 0.25) is 5.15 Å². The molecular weight excluding hydrogens is 340 g/mol. The lowest BCUT2D eigenvalue weighted by molar-refractivity contribution is 0.101. The number of aromatic nitrogens is 2. The second kappa shape index (κ2) is 7.14. The quantitative estimate of drug-likeness (QED) is 0.712. The molecule has 0 amide bonds. The second-order valence-corrected chi connectivity index (χ2v) is 7.29. The van der Waals surface area contributed by atoms with E-state index in [9.17, 15) is 13.2 Å². The Balaban J connectivity index is 2.24. The van der Waals surface area contributed by atoms with Gasteiger partial charge in [-0.3, -0.25) is 4.79 Å². The Hall–Kier alpha value is -1.86. The van der Waals surface area contributed by atoms with Gasteiger partial charge in [-0.15, -0.1) is 0 Å². The van der Waals surface area contributed by atoms with Gasteiger partial charge >= 0.3 is 0 Å². The van der Waals surface area contributed by atoms with Crippen molar-refractivity contribution in [2.75, 3.05) is 12.9 Å². The number of methoxy groups -OCH3 is 1. The van der Waals surface area contributed by atoms with Crippen molar-refractivity contribution in [2.45, 2.75) is 24.8 Å². The molecule has 0 N–H and O–H groups in total. The number of aryl methyl sites for hydroxylation is 1. The van der Waals surface area contributed by atoms with Crippen molar-refractivity contribution in [3.05, 3.63) is 41.4 Å². The first-order valence-corrected chi connectivity index (χ1v) is 9.02. The molecule has 0 aliphatic rings. The van der Waals surface area contributed by atoms with Crippen LogP contribution in [0.1, 0.15) is 23.8 Å². The number of halogens is 1. The first kappa shape index (κ1) is 17.5. The molecule has 6 nitrogen and oxygen atoms in total. The number of Topliss-reactive ketones (excluding diaryl/α,β-unsaturated/α-hetero) is 1. The Kier molecular flexibility index (Phi) is 5.43. The van der Waals surface area contributed by atoms with Crippen molar-refractivity contribution in [3.8, 4) is 5.75 Å². The van der Waals surface area contributed by atoms with Crippen molar-refractivity contribution in [3.63, 3.8) is 0 Å². The van der Waals surface area contributed by atoms with E-state index in [1.54, 1.807) is 16.7 Å². The summed E-state index contributed by atoms with van der Waals surface area (Å²) in [5.74, 6) is -0.917. The third-order valence-corrected chi connectivity index (χ3v) is 5.23. The normalized spacial score (nSPS) is 11.4. The molecule has 124 valence electrons. The maximum atomic E-state index is 12.4. The van der Waals surface area contributed by atoms with Crippen molar-refractivity contribution in [1.82, 2.24) is 9.55 Å². The van der Waals surface area contributed by atoms with E-state index in [0.717, 1.165) is 6.42 Å². The van der Waals surface area contributed by atoms with E-state index in [4.69, 9.17) is 16.3 Å². The summed E-state index contributed by atoms with van der Waals surface area (Å²) in [4.78, 5) is 16.2. The number of benzene rings is 1. The monoisotopic (exact) mass is 356 g/mol. The smallest absolute Gasteiger partial charge is 0.199 e. The summed E-state index contributed by atoms with van der Waals surface area (Å²) < 4.78 is 31.4. The SMILES string of the molecule is CCCn1cnc(C(=O)CS(=O)(=O)c2cccc(OC)c2)c1Cl. The summed E-state index contributed by atoms with van der Waals surface area (Å²) in [5, 5.41) is 0.165. The lowest BCUT2D eigenvalue weighted by atomic mass is 10.3. The van der Waals surface area contributed by atoms with E-state index < -0.39 is 21.4 Å². The maximum Gasteiger partial charge on any atom is 0.199 e. The standard InChI is InChI=1S/C15H17ClN2O4S/c1-3-7-18-10-17-14(15(18)16)13(19)9-23(20,21)12-6-4-5-11(8-12)22-2/h4-6,8,10H,3,7,9H2,1-2H3. The molecule has 0 unspecified atom stereocenters. The first-order valence-electron chi connectivity index (χ1n) is 6.99.